The molecule has 0 saturated heterocycles. The predicted octanol–water partition coefficient (Wildman–Crippen LogP) is 1.60. The molecule has 1 aromatic carbocycles. The standard InChI is InChI=1S/C10H12ClN3O2S/c11-6-1-2-8(7(12)5-6)17-4-3-9(15)14-10(13)16/h1-2,5H,3-4,12H2,(H3,13,14,15,16). The average molecular weight is 274 g/mol. The second-order valence-electron chi connectivity index (χ2n) is 3.19. The van der Waals surface area contributed by atoms with E-state index in [1.807, 2.05) is 5.32 Å². The summed E-state index contributed by atoms with van der Waals surface area (Å²) in [4.78, 5) is 22.3. The summed E-state index contributed by atoms with van der Waals surface area (Å²) in [6.45, 7) is 0. The molecule has 0 aliphatic heterocycles. The van der Waals surface area contributed by atoms with Crippen molar-refractivity contribution >= 4 is 41.0 Å². The Kier molecular flexibility index (Phi) is 5.11. The molecule has 0 spiro atoms. The molecule has 0 aliphatic carbocycles. The Hall–Kier alpha value is -1.40. The second-order valence-corrected chi connectivity index (χ2v) is 4.77. The minimum Gasteiger partial charge on any atom is -0.398 e. The molecule has 0 saturated carbocycles. The van der Waals surface area contributed by atoms with Gasteiger partial charge in [-0.2, -0.15) is 0 Å². The lowest BCUT2D eigenvalue weighted by Crippen LogP contribution is -2.35. The molecule has 0 heterocycles. The molecule has 7 heteroatoms. The molecule has 0 unspecified atom stereocenters. The van der Waals surface area contributed by atoms with E-state index in [4.69, 9.17) is 23.1 Å². The third-order valence-electron chi connectivity index (χ3n) is 1.82. The van der Waals surface area contributed by atoms with Crippen LogP contribution in [-0.2, 0) is 4.79 Å². The molecular formula is C10H12ClN3O2S. The van der Waals surface area contributed by atoms with E-state index in [-0.39, 0.29) is 6.42 Å². The largest absolute Gasteiger partial charge is 0.398 e. The van der Waals surface area contributed by atoms with Gasteiger partial charge in [-0.25, -0.2) is 4.79 Å². The molecule has 17 heavy (non-hydrogen) atoms. The van der Waals surface area contributed by atoms with E-state index in [9.17, 15) is 9.59 Å². The Morgan fingerprint density at radius 2 is 2.12 bits per heavy atom. The van der Waals surface area contributed by atoms with Crippen LogP contribution in [0.3, 0.4) is 0 Å². The van der Waals surface area contributed by atoms with Gasteiger partial charge in [-0.3, -0.25) is 10.1 Å². The molecule has 5 N–H and O–H groups in total. The van der Waals surface area contributed by atoms with E-state index in [0.29, 0.717) is 16.5 Å². The van der Waals surface area contributed by atoms with E-state index in [2.05, 4.69) is 0 Å². The van der Waals surface area contributed by atoms with E-state index in [0.717, 1.165) is 4.90 Å². The lowest BCUT2D eigenvalue weighted by molar-refractivity contribution is -0.119. The molecule has 5 nitrogen and oxygen atoms in total. The zero-order valence-electron chi connectivity index (χ0n) is 8.90. The number of carbonyl (C=O) groups excluding carboxylic acids is 2. The van der Waals surface area contributed by atoms with Crippen LogP contribution in [0.25, 0.3) is 0 Å². The maximum atomic E-state index is 11.1. The highest BCUT2D eigenvalue weighted by molar-refractivity contribution is 7.99. The van der Waals surface area contributed by atoms with Gasteiger partial charge in [0.2, 0.25) is 5.91 Å². The summed E-state index contributed by atoms with van der Waals surface area (Å²) < 4.78 is 0. The van der Waals surface area contributed by atoms with Crippen LogP contribution in [0.2, 0.25) is 5.02 Å². The number of nitrogen functional groups attached to an aromatic ring is 1. The smallest absolute Gasteiger partial charge is 0.318 e. The van der Waals surface area contributed by atoms with Gasteiger partial charge in [0, 0.05) is 27.8 Å². The fourth-order valence-electron chi connectivity index (χ4n) is 1.10. The van der Waals surface area contributed by atoms with Gasteiger partial charge >= 0.3 is 6.03 Å². The molecule has 0 radical (unpaired) electrons. The van der Waals surface area contributed by atoms with E-state index >= 15 is 0 Å². The number of hydrogen-bond acceptors (Lipinski definition) is 4. The Labute approximate surface area is 108 Å². The Morgan fingerprint density at radius 1 is 1.41 bits per heavy atom. The average Bonchev–Trinajstić information content (AvgIpc) is 2.20. The molecule has 3 amide bonds. The number of nitrogens with two attached hydrogens (primary N) is 2. The molecule has 0 atom stereocenters. The van der Waals surface area contributed by atoms with Crippen molar-refractivity contribution in [1.29, 1.82) is 0 Å². The molecule has 0 fully saturated rings. The highest BCUT2D eigenvalue weighted by Gasteiger charge is 2.05. The summed E-state index contributed by atoms with van der Waals surface area (Å²) >= 11 is 7.17. The van der Waals surface area contributed by atoms with Crippen LogP contribution in [0.4, 0.5) is 10.5 Å². The Bertz CT molecular complexity index is 440. The lowest BCUT2D eigenvalue weighted by atomic mass is 10.3. The lowest BCUT2D eigenvalue weighted by Gasteiger charge is -2.05. The summed E-state index contributed by atoms with van der Waals surface area (Å²) in [6, 6.07) is 4.32. The van der Waals surface area contributed by atoms with Gasteiger partial charge in [-0.05, 0) is 18.2 Å². The minimum absolute atomic E-state index is 0.190. The highest BCUT2D eigenvalue weighted by atomic mass is 35.5. The number of benzene rings is 1. The van der Waals surface area contributed by atoms with Crippen molar-refractivity contribution in [3.63, 3.8) is 0 Å². The molecular weight excluding hydrogens is 262 g/mol. The third-order valence-corrected chi connectivity index (χ3v) is 3.15. The number of amides is 3. The van der Waals surface area contributed by atoms with Crippen molar-refractivity contribution in [2.24, 2.45) is 5.73 Å². The number of halogens is 1. The van der Waals surface area contributed by atoms with E-state index in [1.165, 1.54) is 11.8 Å². The first-order valence-electron chi connectivity index (χ1n) is 4.76. The van der Waals surface area contributed by atoms with Crippen molar-refractivity contribution in [3.8, 4) is 0 Å². The first-order chi connectivity index (χ1) is 7.99. The quantitative estimate of drug-likeness (QED) is 0.573. The van der Waals surface area contributed by atoms with Gasteiger partial charge in [0.05, 0.1) is 0 Å². The fraction of sp³-hybridized carbons (Fsp3) is 0.200. The highest BCUT2D eigenvalue weighted by Crippen LogP contribution is 2.27. The number of imide groups is 1. The van der Waals surface area contributed by atoms with Crippen molar-refractivity contribution < 1.29 is 9.59 Å². The van der Waals surface area contributed by atoms with Crippen LogP contribution in [0, 0.1) is 0 Å². The van der Waals surface area contributed by atoms with Crippen molar-refractivity contribution in [1.82, 2.24) is 5.32 Å². The number of thioether (sulfide) groups is 1. The molecule has 1 aromatic rings. The third kappa shape index (κ3) is 4.97. The zero-order chi connectivity index (χ0) is 12.8. The van der Waals surface area contributed by atoms with Gasteiger partial charge in [0.25, 0.3) is 0 Å². The van der Waals surface area contributed by atoms with Crippen LogP contribution in [0.1, 0.15) is 6.42 Å². The zero-order valence-corrected chi connectivity index (χ0v) is 10.5. The van der Waals surface area contributed by atoms with Crippen LogP contribution in [-0.4, -0.2) is 17.7 Å². The first kappa shape index (κ1) is 13.7. The topological polar surface area (TPSA) is 98.2 Å². The van der Waals surface area contributed by atoms with Crippen LogP contribution in [0.5, 0.6) is 0 Å². The second kappa shape index (κ2) is 6.36. The number of primary amides is 1. The van der Waals surface area contributed by atoms with E-state index < -0.39 is 11.9 Å². The number of hydrogen-bond donors (Lipinski definition) is 3. The van der Waals surface area contributed by atoms with Gasteiger partial charge in [-0.15, -0.1) is 11.8 Å². The van der Waals surface area contributed by atoms with Gasteiger partial charge in [-0.1, -0.05) is 11.6 Å². The SMILES string of the molecule is NC(=O)NC(=O)CCSc1ccc(Cl)cc1N. The number of urea groups is 1. The predicted molar refractivity (Wildman–Crippen MR) is 68.9 cm³/mol. The van der Waals surface area contributed by atoms with Crippen molar-refractivity contribution in [2.45, 2.75) is 11.3 Å². The summed E-state index contributed by atoms with van der Waals surface area (Å²) in [5.74, 6) is 0.0998. The summed E-state index contributed by atoms with van der Waals surface area (Å²) in [7, 11) is 0. The van der Waals surface area contributed by atoms with Crippen molar-refractivity contribution in [2.75, 3.05) is 11.5 Å². The van der Waals surface area contributed by atoms with Crippen LogP contribution in [0.15, 0.2) is 23.1 Å². The van der Waals surface area contributed by atoms with Gasteiger partial charge in [0.15, 0.2) is 0 Å². The number of anilines is 1. The maximum absolute atomic E-state index is 11.1. The Morgan fingerprint density at radius 3 is 2.71 bits per heavy atom. The van der Waals surface area contributed by atoms with Gasteiger partial charge < -0.3 is 11.5 Å². The molecule has 0 aliphatic rings. The summed E-state index contributed by atoms with van der Waals surface area (Å²) in [6.07, 6.45) is 0.190. The number of nitrogens with one attached hydrogen (secondary N) is 1. The normalized spacial score (nSPS) is 9.94. The number of carbonyl (C=O) groups is 2. The van der Waals surface area contributed by atoms with Crippen LogP contribution >= 0.6 is 23.4 Å². The molecule has 1 rings (SSSR count). The summed E-state index contributed by atoms with van der Waals surface area (Å²) in [5, 5.41) is 2.55. The molecule has 0 bridgehead atoms. The minimum atomic E-state index is -0.842. The van der Waals surface area contributed by atoms with Crippen molar-refractivity contribution in [3.05, 3.63) is 23.2 Å². The van der Waals surface area contributed by atoms with Crippen LogP contribution < -0.4 is 16.8 Å². The van der Waals surface area contributed by atoms with Gasteiger partial charge in [0.1, 0.15) is 0 Å². The monoisotopic (exact) mass is 273 g/mol. The fourth-order valence-corrected chi connectivity index (χ4v) is 2.18. The molecule has 92 valence electrons. The molecule has 0 aromatic heterocycles. The number of rotatable bonds is 4. The summed E-state index contributed by atoms with van der Waals surface area (Å²) in [5.41, 5.74) is 11.1. The first-order valence-corrected chi connectivity index (χ1v) is 6.12. The maximum Gasteiger partial charge on any atom is 0.318 e. The van der Waals surface area contributed by atoms with E-state index in [1.54, 1.807) is 18.2 Å². The Balaban J connectivity index is 2.41.